The predicted octanol–water partition coefficient (Wildman–Crippen LogP) is 4.53. The number of aromatic nitrogens is 3. The van der Waals surface area contributed by atoms with Crippen molar-refractivity contribution in [3.8, 4) is 10.6 Å². The number of nitro groups is 1. The number of benzene rings is 1. The average molecular weight is 497 g/mol. The van der Waals surface area contributed by atoms with Gasteiger partial charge in [0, 0.05) is 44.3 Å². The molecule has 1 saturated heterocycles. The minimum absolute atomic E-state index is 0.0327. The van der Waals surface area contributed by atoms with Crippen LogP contribution in [0.5, 0.6) is 0 Å². The van der Waals surface area contributed by atoms with Crippen molar-refractivity contribution < 1.29 is 9.72 Å². The SMILES string of the molecule is Cc1nn(C)c2nc(-c3cccs3)cc(C(=O)N3CCN(c4ccc(Cl)cc4[N+](=O)[O-])CC3)c12. The molecule has 1 amide bonds. The van der Waals surface area contributed by atoms with Crippen LogP contribution in [0.1, 0.15) is 16.1 Å². The molecule has 0 bridgehead atoms. The maximum atomic E-state index is 13.7. The smallest absolute Gasteiger partial charge is 0.294 e. The molecule has 0 saturated carbocycles. The van der Waals surface area contributed by atoms with Gasteiger partial charge in [0.05, 0.1) is 32.1 Å². The standard InChI is InChI=1S/C23H21ClN6O3S/c1-14-21-16(13-17(20-4-3-11-34-20)25-22(21)27(2)26-14)23(31)29-9-7-28(8-10-29)18-6-5-15(24)12-19(18)30(32)33/h3-6,11-13H,7-10H2,1-2H3. The number of fused-ring (bicyclic) bond motifs is 1. The molecule has 1 fully saturated rings. The lowest BCUT2D eigenvalue weighted by atomic mass is 10.1. The van der Waals surface area contributed by atoms with Crippen molar-refractivity contribution in [2.75, 3.05) is 31.1 Å². The highest BCUT2D eigenvalue weighted by Crippen LogP contribution is 2.33. The van der Waals surface area contributed by atoms with Gasteiger partial charge in [0.15, 0.2) is 5.65 Å². The van der Waals surface area contributed by atoms with Crippen LogP contribution in [0.15, 0.2) is 41.8 Å². The molecule has 0 N–H and O–H groups in total. The molecule has 1 aliphatic heterocycles. The van der Waals surface area contributed by atoms with Gasteiger partial charge in [-0.3, -0.25) is 19.6 Å². The van der Waals surface area contributed by atoms with Crippen LogP contribution in [0.2, 0.25) is 5.02 Å². The Bertz CT molecular complexity index is 1410. The van der Waals surface area contributed by atoms with Crippen LogP contribution < -0.4 is 4.90 Å². The number of nitrogens with zero attached hydrogens (tertiary/aromatic N) is 6. The minimum atomic E-state index is -0.427. The number of hydrogen-bond donors (Lipinski definition) is 0. The molecule has 5 rings (SSSR count). The number of rotatable bonds is 4. The second kappa shape index (κ2) is 8.69. The third-order valence-electron chi connectivity index (χ3n) is 6.01. The molecular formula is C23H21ClN6O3S. The van der Waals surface area contributed by atoms with E-state index in [2.05, 4.69) is 5.10 Å². The zero-order valence-corrected chi connectivity index (χ0v) is 20.1. The number of carbonyl (C=O) groups is 1. The molecule has 34 heavy (non-hydrogen) atoms. The maximum Gasteiger partial charge on any atom is 0.294 e. The van der Waals surface area contributed by atoms with E-state index in [1.165, 1.54) is 6.07 Å². The first-order valence-corrected chi connectivity index (χ1v) is 12.0. The summed E-state index contributed by atoms with van der Waals surface area (Å²) < 4.78 is 1.70. The van der Waals surface area contributed by atoms with Crippen LogP contribution >= 0.6 is 22.9 Å². The Morgan fingerprint density at radius 3 is 2.62 bits per heavy atom. The Kier molecular flexibility index (Phi) is 5.70. The summed E-state index contributed by atoms with van der Waals surface area (Å²) in [4.78, 5) is 34.2. The number of amides is 1. The summed E-state index contributed by atoms with van der Waals surface area (Å²) in [5.41, 5.74) is 3.21. The van der Waals surface area contributed by atoms with Gasteiger partial charge in [0.2, 0.25) is 0 Å². The molecule has 0 unspecified atom stereocenters. The van der Waals surface area contributed by atoms with Gasteiger partial charge in [-0.25, -0.2) is 4.98 Å². The highest BCUT2D eigenvalue weighted by Gasteiger charge is 2.29. The number of halogens is 1. The fourth-order valence-corrected chi connectivity index (χ4v) is 5.25. The van der Waals surface area contributed by atoms with Crippen molar-refractivity contribution >= 4 is 51.3 Å². The van der Waals surface area contributed by atoms with Crippen molar-refractivity contribution in [2.45, 2.75) is 6.92 Å². The first-order chi connectivity index (χ1) is 16.3. The fourth-order valence-electron chi connectivity index (χ4n) is 4.40. The van der Waals surface area contributed by atoms with Gasteiger partial charge in [-0.1, -0.05) is 17.7 Å². The van der Waals surface area contributed by atoms with E-state index in [0.717, 1.165) is 21.7 Å². The fraction of sp³-hybridized carbons (Fsp3) is 0.261. The summed E-state index contributed by atoms with van der Waals surface area (Å²) in [6.07, 6.45) is 0. The Morgan fingerprint density at radius 2 is 1.94 bits per heavy atom. The van der Waals surface area contributed by atoms with Crippen molar-refractivity contribution in [1.82, 2.24) is 19.7 Å². The Labute approximate surface area is 204 Å². The number of nitro benzene ring substituents is 1. The Balaban J connectivity index is 1.45. The second-order valence-corrected chi connectivity index (χ2v) is 9.49. The van der Waals surface area contributed by atoms with Crippen molar-refractivity contribution in [2.24, 2.45) is 7.05 Å². The molecule has 0 radical (unpaired) electrons. The number of hydrogen-bond acceptors (Lipinski definition) is 7. The highest BCUT2D eigenvalue weighted by molar-refractivity contribution is 7.13. The molecule has 9 nitrogen and oxygen atoms in total. The van der Waals surface area contributed by atoms with Crippen LogP contribution in [-0.4, -0.2) is 56.7 Å². The van der Waals surface area contributed by atoms with E-state index < -0.39 is 4.92 Å². The molecule has 0 spiro atoms. The molecule has 4 heterocycles. The lowest BCUT2D eigenvalue weighted by Gasteiger charge is -2.36. The monoisotopic (exact) mass is 496 g/mol. The average Bonchev–Trinajstić information content (AvgIpc) is 3.47. The minimum Gasteiger partial charge on any atom is -0.362 e. The number of pyridine rings is 1. The van der Waals surface area contributed by atoms with E-state index in [-0.39, 0.29) is 11.6 Å². The maximum absolute atomic E-state index is 13.7. The molecule has 3 aromatic heterocycles. The molecule has 0 atom stereocenters. The van der Waals surface area contributed by atoms with Gasteiger partial charge >= 0.3 is 0 Å². The molecular weight excluding hydrogens is 476 g/mol. The van der Waals surface area contributed by atoms with Crippen LogP contribution in [0.4, 0.5) is 11.4 Å². The van der Waals surface area contributed by atoms with Crippen LogP contribution in [0.25, 0.3) is 21.6 Å². The molecule has 1 aliphatic rings. The van der Waals surface area contributed by atoms with E-state index in [1.54, 1.807) is 33.1 Å². The molecule has 4 aromatic rings. The molecule has 0 aliphatic carbocycles. The van der Waals surface area contributed by atoms with E-state index in [4.69, 9.17) is 16.6 Å². The number of anilines is 1. The third kappa shape index (κ3) is 3.88. The lowest BCUT2D eigenvalue weighted by molar-refractivity contribution is -0.384. The summed E-state index contributed by atoms with van der Waals surface area (Å²) in [6.45, 7) is 3.72. The normalized spacial score (nSPS) is 14.1. The second-order valence-electron chi connectivity index (χ2n) is 8.11. The van der Waals surface area contributed by atoms with Crippen LogP contribution in [0.3, 0.4) is 0 Å². The summed E-state index contributed by atoms with van der Waals surface area (Å²) in [6, 6.07) is 10.5. The zero-order chi connectivity index (χ0) is 24.0. The third-order valence-corrected chi connectivity index (χ3v) is 7.14. The zero-order valence-electron chi connectivity index (χ0n) is 18.6. The van der Waals surface area contributed by atoms with Crippen LogP contribution in [0, 0.1) is 17.0 Å². The number of piperazine rings is 1. The van der Waals surface area contributed by atoms with E-state index in [1.807, 2.05) is 42.5 Å². The molecule has 11 heteroatoms. The topological polar surface area (TPSA) is 97.4 Å². The summed E-state index contributed by atoms with van der Waals surface area (Å²) >= 11 is 7.52. The number of carbonyl (C=O) groups excluding carboxylic acids is 1. The van der Waals surface area contributed by atoms with Gasteiger partial charge in [-0.2, -0.15) is 5.10 Å². The summed E-state index contributed by atoms with van der Waals surface area (Å²) in [5.74, 6) is -0.0911. The largest absolute Gasteiger partial charge is 0.362 e. The highest BCUT2D eigenvalue weighted by atomic mass is 35.5. The Morgan fingerprint density at radius 1 is 1.18 bits per heavy atom. The summed E-state index contributed by atoms with van der Waals surface area (Å²) in [7, 11) is 1.83. The number of aryl methyl sites for hydroxylation is 2. The van der Waals surface area contributed by atoms with E-state index in [0.29, 0.717) is 48.1 Å². The van der Waals surface area contributed by atoms with E-state index in [9.17, 15) is 14.9 Å². The first kappa shape index (κ1) is 22.3. The van der Waals surface area contributed by atoms with Crippen molar-refractivity contribution in [3.63, 3.8) is 0 Å². The Hall–Kier alpha value is -3.50. The first-order valence-electron chi connectivity index (χ1n) is 10.7. The molecule has 174 valence electrons. The number of thiophene rings is 1. The summed E-state index contributed by atoms with van der Waals surface area (Å²) in [5, 5.41) is 19.0. The van der Waals surface area contributed by atoms with E-state index >= 15 is 0 Å². The van der Waals surface area contributed by atoms with Gasteiger partial charge in [-0.05, 0) is 36.6 Å². The molecule has 1 aromatic carbocycles. The van der Waals surface area contributed by atoms with Crippen molar-refractivity contribution in [3.05, 3.63) is 68.2 Å². The van der Waals surface area contributed by atoms with Crippen LogP contribution in [-0.2, 0) is 7.05 Å². The van der Waals surface area contributed by atoms with Gasteiger partial charge in [-0.15, -0.1) is 11.3 Å². The quantitative estimate of drug-likeness (QED) is 0.304. The predicted molar refractivity (Wildman–Crippen MR) is 133 cm³/mol. The lowest BCUT2D eigenvalue weighted by Crippen LogP contribution is -2.49. The van der Waals surface area contributed by atoms with Gasteiger partial charge in [0.1, 0.15) is 5.69 Å². The van der Waals surface area contributed by atoms with Gasteiger partial charge in [0.25, 0.3) is 11.6 Å². The van der Waals surface area contributed by atoms with Gasteiger partial charge < -0.3 is 9.80 Å². The van der Waals surface area contributed by atoms with Crippen molar-refractivity contribution in [1.29, 1.82) is 0 Å².